The average molecular weight is 287 g/mol. The number of nitrogens with zero attached hydrogens (tertiary/aromatic N) is 3. The quantitative estimate of drug-likeness (QED) is 0.858. The van der Waals surface area contributed by atoms with Gasteiger partial charge in [-0.3, -0.25) is 14.4 Å². The van der Waals surface area contributed by atoms with E-state index in [1.54, 1.807) is 0 Å². The lowest BCUT2D eigenvalue weighted by Crippen LogP contribution is -2.47. The summed E-state index contributed by atoms with van der Waals surface area (Å²) in [6.45, 7) is 4.81. The molecule has 0 saturated carbocycles. The highest BCUT2D eigenvalue weighted by molar-refractivity contribution is 9.10. The van der Waals surface area contributed by atoms with Crippen molar-refractivity contribution in [2.75, 3.05) is 19.6 Å². The van der Waals surface area contributed by atoms with E-state index in [1.807, 2.05) is 18.7 Å². The van der Waals surface area contributed by atoms with Crippen LogP contribution >= 0.6 is 15.9 Å². The van der Waals surface area contributed by atoms with Crippen molar-refractivity contribution in [1.82, 2.24) is 20.0 Å². The van der Waals surface area contributed by atoms with Gasteiger partial charge in [0, 0.05) is 26.7 Å². The van der Waals surface area contributed by atoms with Crippen LogP contribution < -0.4 is 5.32 Å². The molecule has 1 fully saturated rings. The molecule has 1 aromatic rings. The first kappa shape index (κ1) is 11.6. The first-order valence-corrected chi connectivity index (χ1v) is 6.04. The van der Waals surface area contributed by atoms with Crippen molar-refractivity contribution < 1.29 is 4.79 Å². The predicted molar refractivity (Wildman–Crippen MR) is 63.9 cm³/mol. The standard InChI is InChI=1S/C10H15BrN4O/c1-7-10(11)8(14(2)13-7)5-15-4-3-12-9(16)6-15/h3-6H2,1-2H3,(H,12,16). The number of nitrogens with one attached hydrogen (secondary N) is 1. The van der Waals surface area contributed by atoms with Gasteiger partial charge in [-0.2, -0.15) is 5.10 Å². The fraction of sp³-hybridized carbons (Fsp3) is 0.600. The van der Waals surface area contributed by atoms with Crippen molar-refractivity contribution in [2.24, 2.45) is 7.05 Å². The maximum Gasteiger partial charge on any atom is 0.234 e. The van der Waals surface area contributed by atoms with Gasteiger partial charge in [-0.15, -0.1) is 0 Å². The predicted octanol–water partition coefficient (Wildman–Crippen LogP) is 0.423. The smallest absolute Gasteiger partial charge is 0.234 e. The van der Waals surface area contributed by atoms with Gasteiger partial charge in [0.1, 0.15) is 0 Å². The van der Waals surface area contributed by atoms with Gasteiger partial charge in [0.15, 0.2) is 0 Å². The van der Waals surface area contributed by atoms with Crippen LogP contribution in [0.2, 0.25) is 0 Å². The second-order valence-electron chi connectivity index (χ2n) is 4.03. The summed E-state index contributed by atoms with van der Waals surface area (Å²) in [6.07, 6.45) is 0. The molecular weight excluding hydrogens is 272 g/mol. The second-order valence-corrected chi connectivity index (χ2v) is 4.82. The van der Waals surface area contributed by atoms with E-state index in [0.29, 0.717) is 6.54 Å². The number of aryl methyl sites for hydroxylation is 2. The van der Waals surface area contributed by atoms with Gasteiger partial charge in [0.25, 0.3) is 0 Å². The van der Waals surface area contributed by atoms with Crippen molar-refractivity contribution in [3.63, 3.8) is 0 Å². The van der Waals surface area contributed by atoms with Crippen LogP contribution in [0.15, 0.2) is 4.47 Å². The van der Waals surface area contributed by atoms with Crippen molar-refractivity contribution >= 4 is 21.8 Å². The summed E-state index contributed by atoms with van der Waals surface area (Å²) in [5.41, 5.74) is 2.10. The highest BCUT2D eigenvalue weighted by Crippen LogP contribution is 2.21. The fourth-order valence-electron chi connectivity index (χ4n) is 1.89. The van der Waals surface area contributed by atoms with E-state index >= 15 is 0 Å². The van der Waals surface area contributed by atoms with Crippen molar-refractivity contribution in [1.29, 1.82) is 0 Å². The summed E-state index contributed by atoms with van der Waals surface area (Å²) in [5.74, 6) is 0.0984. The third kappa shape index (κ3) is 2.27. The molecule has 1 saturated heterocycles. The number of aromatic nitrogens is 2. The summed E-state index contributed by atoms with van der Waals surface area (Å²) >= 11 is 3.53. The minimum atomic E-state index is 0.0984. The molecule has 88 valence electrons. The Morgan fingerprint density at radius 1 is 1.56 bits per heavy atom. The summed E-state index contributed by atoms with van der Waals surface area (Å²) in [7, 11) is 1.93. The zero-order chi connectivity index (χ0) is 11.7. The molecule has 16 heavy (non-hydrogen) atoms. The Morgan fingerprint density at radius 2 is 2.31 bits per heavy atom. The van der Waals surface area contributed by atoms with Gasteiger partial charge in [0.2, 0.25) is 5.91 Å². The molecule has 1 amide bonds. The fourth-order valence-corrected chi connectivity index (χ4v) is 2.35. The van der Waals surface area contributed by atoms with E-state index in [2.05, 4.69) is 31.2 Å². The number of hydrogen-bond acceptors (Lipinski definition) is 3. The minimum absolute atomic E-state index is 0.0984. The van der Waals surface area contributed by atoms with E-state index in [-0.39, 0.29) is 5.91 Å². The monoisotopic (exact) mass is 286 g/mol. The summed E-state index contributed by atoms with van der Waals surface area (Å²) < 4.78 is 2.91. The number of halogens is 1. The maximum absolute atomic E-state index is 11.3. The molecule has 1 aliphatic rings. The maximum atomic E-state index is 11.3. The second kappa shape index (κ2) is 4.55. The molecule has 0 radical (unpaired) electrons. The first-order valence-electron chi connectivity index (χ1n) is 5.25. The number of carbonyl (C=O) groups excluding carboxylic acids is 1. The highest BCUT2D eigenvalue weighted by atomic mass is 79.9. The molecule has 0 aromatic carbocycles. The van der Waals surface area contributed by atoms with E-state index in [0.717, 1.165) is 35.5 Å². The molecule has 6 heteroatoms. The lowest BCUT2D eigenvalue weighted by atomic mass is 10.3. The van der Waals surface area contributed by atoms with Crippen LogP contribution in [0.4, 0.5) is 0 Å². The lowest BCUT2D eigenvalue weighted by molar-refractivity contribution is -0.124. The number of carbonyl (C=O) groups is 1. The van der Waals surface area contributed by atoms with Crippen molar-refractivity contribution in [3.05, 3.63) is 15.9 Å². The van der Waals surface area contributed by atoms with E-state index in [1.165, 1.54) is 0 Å². The molecular formula is C10H15BrN4O. The van der Waals surface area contributed by atoms with Crippen LogP contribution in [-0.4, -0.2) is 40.2 Å². The summed E-state index contributed by atoms with van der Waals surface area (Å²) in [4.78, 5) is 13.4. The topological polar surface area (TPSA) is 50.2 Å². The Labute approximate surface area is 103 Å². The van der Waals surface area contributed by atoms with E-state index in [9.17, 15) is 4.79 Å². The van der Waals surface area contributed by atoms with Crippen LogP contribution in [0, 0.1) is 6.92 Å². The number of rotatable bonds is 2. The molecule has 0 unspecified atom stereocenters. The average Bonchev–Trinajstić information content (AvgIpc) is 2.45. The van der Waals surface area contributed by atoms with E-state index < -0.39 is 0 Å². The van der Waals surface area contributed by atoms with Crippen LogP contribution in [0.5, 0.6) is 0 Å². The third-order valence-electron chi connectivity index (χ3n) is 2.75. The SMILES string of the molecule is Cc1nn(C)c(CN2CCNC(=O)C2)c1Br. The third-order valence-corrected chi connectivity index (χ3v) is 3.78. The van der Waals surface area contributed by atoms with Gasteiger partial charge >= 0.3 is 0 Å². The molecule has 0 bridgehead atoms. The summed E-state index contributed by atoms with van der Waals surface area (Å²) in [5, 5.41) is 7.16. The van der Waals surface area contributed by atoms with Gasteiger partial charge in [-0.25, -0.2) is 0 Å². The molecule has 1 N–H and O–H groups in total. The molecule has 1 aromatic heterocycles. The molecule has 5 nitrogen and oxygen atoms in total. The van der Waals surface area contributed by atoms with E-state index in [4.69, 9.17) is 0 Å². The molecule has 0 aliphatic carbocycles. The Morgan fingerprint density at radius 3 is 2.88 bits per heavy atom. The molecule has 2 rings (SSSR count). The Balaban J connectivity index is 2.11. The Kier molecular flexibility index (Phi) is 3.30. The summed E-state index contributed by atoms with van der Waals surface area (Å²) in [6, 6.07) is 0. The molecule has 0 atom stereocenters. The molecule has 0 spiro atoms. The van der Waals surface area contributed by atoms with Crippen molar-refractivity contribution in [2.45, 2.75) is 13.5 Å². The largest absolute Gasteiger partial charge is 0.354 e. The zero-order valence-electron chi connectivity index (χ0n) is 9.46. The number of hydrogen-bond donors (Lipinski definition) is 1. The Bertz CT molecular complexity index is 415. The van der Waals surface area contributed by atoms with Gasteiger partial charge in [0.05, 0.1) is 22.4 Å². The minimum Gasteiger partial charge on any atom is -0.354 e. The molecule has 2 heterocycles. The van der Waals surface area contributed by atoms with Crippen LogP contribution in [-0.2, 0) is 18.4 Å². The first-order chi connectivity index (χ1) is 7.58. The number of piperazine rings is 1. The zero-order valence-corrected chi connectivity index (χ0v) is 11.0. The van der Waals surface area contributed by atoms with Gasteiger partial charge in [-0.1, -0.05) is 0 Å². The lowest BCUT2D eigenvalue weighted by Gasteiger charge is -2.26. The van der Waals surface area contributed by atoms with Gasteiger partial charge in [-0.05, 0) is 22.9 Å². The molecule has 1 aliphatic heterocycles. The van der Waals surface area contributed by atoms with Crippen LogP contribution in [0.3, 0.4) is 0 Å². The van der Waals surface area contributed by atoms with Crippen LogP contribution in [0.1, 0.15) is 11.4 Å². The van der Waals surface area contributed by atoms with Crippen molar-refractivity contribution in [3.8, 4) is 0 Å². The van der Waals surface area contributed by atoms with Crippen LogP contribution in [0.25, 0.3) is 0 Å². The highest BCUT2D eigenvalue weighted by Gasteiger charge is 2.19. The normalized spacial score (nSPS) is 17.6. The van der Waals surface area contributed by atoms with Gasteiger partial charge < -0.3 is 5.32 Å². The number of amides is 1. The Hall–Kier alpha value is -0.880.